The van der Waals surface area contributed by atoms with Crippen molar-refractivity contribution in [1.82, 2.24) is 4.90 Å². The summed E-state index contributed by atoms with van der Waals surface area (Å²) < 4.78 is 5.12. The number of carbonyl (C=O) groups excluding carboxylic acids is 2. The Hall–Kier alpha value is -2.57. The summed E-state index contributed by atoms with van der Waals surface area (Å²) in [7, 11) is 1.58. The van der Waals surface area contributed by atoms with Gasteiger partial charge in [0.2, 0.25) is 0 Å². The zero-order valence-corrected chi connectivity index (χ0v) is 17.8. The molecule has 1 unspecified atom stereocenters. The monoisotopic (exact) mass is 417 g/mol. The summed E-state index contributed by atoms with van der Waals surface area (Å²) in [6.45, 7) is 5.36. The number of amides is 2. The molecule has 0 spiro atoms. The number of hydrogen-bond donors (Lipinski definition) is 2. The van der Waals surface area contributed by atoms with Gasteiger partial charge in [0.1, 0.15) is 5.75 Å². The van der Waals surface area contributed by atoms with Gasteiger partial charge in [0.25, 0.3) is 11.8 Å². The molecule has 6 nitrogen and oxygen atoms in total. The number of likely N-dealkylation sites (tertiary alicyclic amines) is 1. The number of anilines is 1. The van der Waals surface area contributed by atoms with E-state index in [0.29, 0.717) is 35.7 Å². The number of nitrogens with two attached hydrogens (primary N) is 1. The van der Waals surface area contributed by atoms with E-state index in [1.165, 1.54) is 0 Å². The number of benzene rings is 2. The summed E-state index contributed by atoms with van der Waals surface area (Å²) in [5.41, 5.74) is 7.52. The fourth-order valence-electron chi connectivity index (χ4n) is 3.43. The first kappa shape index (κ1) is 22.7. The van der Waals surface area contributed by atoms with Gasteiger partial charge < -0.3 is 20.7 Å². The van der Waals surface area contributed by atoms with Crippen molar-refractivity contribution in [3.8, 4) is 5.75 Å². The highest BCUT2D eigenvalue weighted by Gasteiger charge is 2.36. The van der Waals surface area contributed by atoms with Gasteiger partial charge in [-0.05, 0) is 48.2 Å². The first-order valence-corrected chi connectivity index (χ1v) is 9.41. The second-order valence-electron chi connectivity index (χ2n) is 7.84. The Morgan fingerprint density at radius 3 is 2.41 bits per heavy atom. The SMILES string of the molecule is COc1ccc(C(=O)Nc2ccccc2C(=O)N2CCC(N)C(C)(C)C2)cc1.Cl. The molecule has 1 saturated heterocycles. The van der Waals surface area contributed by atoms with Crippen molar-refractivity contribution in [2.24, 2.45) is 11.1 Å². The third kappa shape index (κ3) is 5.08. The number of piperidine rings is 1. The molecule has 156 valence electrons. The molecule has 1 aliphatic heterocycles. The predicted molar refractivity (Wildman–Crippen MR) is 117 cm³/mol. The van der Waals surface area contributed by atoms with Crippen molar-refractivity contribution >= 4 is 29.9 Å². The van der Waals surface area contributed by atoms with Crippen LogP contribution in [0.2, 0.25) is 0 Å². The van der Waals surface area contributed by atoms with Crippen LogP contribution in [-0.2, 0) is 0 Å². The van der Waals surface area contributed by atoms with Gasteiger partial charge in [-0.15, -0.1) is 12.4 Å². The zero-order valence-electron chi connectivity index (χ0n) is 17.0. The summed E-state index contributed by atoms with van der Waals surface area (Å²) in [5, 5.41) is 2.86. The fraction of sp³-hybridized carbons (Fsp3) is 0.364. The molecule has 1 heterocycles. The van der Waals surface area contributed by atoms with Crippen molar-refractivity contribution in [1.29, 1.82) is 0 Å². The molecule has 1 atom stereocenters. The first-order chi connectivity index (χ1) is 13.3. The number of nitrogens with zero attached hydrogens (tertiary/aromatic N) is 1. The van der Waals surface area contributed by atoms with Gasteiger partial charge in [-0.25, -0.2) is 0 Å². The molecule has 2 aromatic rings. The second-order valence-corrected chi connectivity index (χ2v) is 7.84. The number of methoxy groups -OCH3 is 1. The van der Waals surface area contributed by atoms with Gasteiger partial charge >= 0.3 is 0 Å². The molecule has 1 aliphatic rings. The minimum absolute atomic E-state index is 0. The maximum atomic E-state index is 13.1. The molecule has 0 aromatic heterocycles. The van der Waals surface area contributed by atoms with Crippen LogP contribution in [0.25, 0.3) is 0 Å². The molecule has 0 bridgehead atoms. The van der Waals surface area contributed by atoms with E-state index in [-0.39, 0.29) is 35.7 Å². The van der Waals surface area contributed by atoms with Gasteiger partial charge in [-0.3, -0.25) is 9.59 Å². The number of carbonyl (C=O) groups is 2. The minimum atomic E-state index is -0.274. The molecule has 7 heteroatoms. The Bertz CT molecular complexity index is 868. The lowest BCUT2D eigenvalue weighted by atomic mass is 9.79. The van der Waals surface area contributed by atoms with Crippen molar-refractivity contribution in [2.45, 2.75) is 26.3 Å². The van der Waals surface area contributed by atoms with Gasteiger partial charge in [0.15, 0.2) is 0 Å². The van der Waals surface area contributed by atoms with E-state index < -0.39 is 0 Å². The molecule has 0 saturated carbocycles. The lowest BCUT2D eigenvalue weighted by Crippen LogP contribution is -2.54. The van der Waals surface area contributed by atoms with E-state index in [9.17, 15) is 9.59 Å². The number of ether oxygens (including phenoxy) is 1. The Morgan fingerprint density at radius 2 is 1.79 bits per heavy atom. The lowest BCUT2D eigenvalue weighted by Gasteiger charge is -2.42. The van der Waals surface area contributed by atoms with Crippen molar-refractivity contribution in [3.05, 3.63) is 59.7 Å². The quantitative estimate of drug-likeness (QED) is 0.796. The Balaban J connectivity index is 0.00000300. The normalized spacial score (nSPS) is 17.8. The van der Waals surface area contributed by atoms with Crippen molar-refractivity contribution in [3.63, 3.8) is 0 Å². The number of nitrogens with one attached hydrogen (secondary N) is 1. The summed E-state index contributed by atoms with van der Waals surface area (Å²) in [4.78, 5) is 27.6. The van der Waals surface area contributed by atoms with E-state index in [1.54, 1.807) is 55.6 Å². The number of para-hydroxylation sites is 1. The van der Waals surface area contributed by atoms with Crippen LogP contribution in [0.5, 0.6) is 5.75 Å². The third-order valence-electron chi connectivity index (χ3n) is 5.36. The van der Waals surface area contributed by atoms with E-state index in [0.717, 1.165) is 6.42 Å². The summed E-state index contributed by atoms with van der Waals surface area (Å²) in [6, 6.07) is 14.0. The van der Waals surface area contributed by atoms with E-state index in [2.05, 4.69) is 19.2 Å². The Labute approximate surface area is 177 Å². The molecule has 2 aromatic carbocycles. The molecule has 3 rings (SSSR count). The van der Waals surface area contributed by atoms with Crippen molar-refractivity contribution in [2.75, 3.05) is 25.5 Å². The van der Waals surface area contributed by atoms with Crippen LogP contribution in [0.4, 0.5) is 5.69 Å². The van der Waals surface area contributed by atoms with Crippen LogP contribution in [0.3, 0.4) is 0 Å². The third-order valence-corrected chi connectivity index (χ3v) is 5.36. The summed E-state index contributed by atoms with van der Waals surface area (Å²) >= 11 is 0. The van der Waals surface area contributed by atoms with Gasteiger partial charge in [-0.1, -0.05) is 26.0 Å². The van der Waals surface area contributed by atoms with Crippen molar-refractivity contribution < 1.29 is 14.3 Å². The largest absolute Gasteiger partial charge is 0.497 e. The van der Waals surface area contributed by atoms with Crippen LogP contribution >= 0.6 is 12.4 Å². The van der Waals surface area contributed by atoms with Crippen LogP contribution in [-0.4, -0.2) is 43.0 Å². The van der Waals surface area contributed by atoms with Crippen LogP contribution in [0.15, 0.2) is 48.5 Å². The minimum Gasteiger partial charge on any atom is -0.497 e. The van der Waals surface area contributed by atoms with E-state index in [4.69, 9.17) is 10.5 Å². The van der Waals surface area contributed by atoms with E-state index >= 15 is 0 Å². The standard InChI is InChI=1S/C22H27N3O3.ClH/c1-22(2)14-25(13-12-19(22)23)21(27)17-6-4-5-7-18(17)24-20(26)15-8-10-16(28-3)11-9-15;/h4-11,19H,12-14,23H2,1-3H3,(H,24,26);1H. The second kappa shape index (κ2) is 9.29. The fourth-order valence-corrected chi connectivity index (χ4v) is 3.43. The molecule has 29 heavy (non-hydrogen) atoms. The molecule has 0 radical (unpaired) electrons. The summed E-state index contributed by atoms with van der Waals surface area (Å²) in [5.74, 6) is 0.313. The highest BCUT2D eigenvalue weighted by atomic mass is 35.5. The van der Waals surface area contributed by atoms with Crippen LogP contribution in [0, 0.1) is 5.41 Å². The highest BCUT2D eigenvalue weighted by molar-refractivity contribution is 6.09. The average Bonchev–Trinajstić information content (AvgIpc) is 2.70. The lowest BCUT2D eigenvalue weighted by molar-refractivity contribution is 0.0534. The van der Waals surface area contributed by atoms with Crippen LogP contribution < -0.4 is 15.8 Å². The molecule has 1 fully saturated rings. The Kier molecular flexibility index (Phi) is 7.27. The maximum absolute atomic E-state index is 13.1. The molecular weight excluding hydrogens is 390 g/mol. The molecule has 3 N–H and O–H groups in total. The summed E-state index contributed by atoms with van der Waals surface area (Å²) in [6.07, 6.45) is 0.763. The number of halogens is 1. The zero-order chi connectivity index (χ0) is 20.3. The highest BCUT2D eigenvalue weighted by Crippen LogP contribution is 2.29. The predicted octanol–water partition coefficient (Wildman–Crippen LogP) is 3.57. The molecule has 2 amide bonds. The Morgan fingerprint density at radius 1 is 1.14 bits per heavy atom. The smallest absolute Gasteiger partial charge is 0.255 e. The number of rotatable bonds is 4. The van der Waals surface area contributed by atoms with Gasteiger partial charge in [0, 0.05) is 24.7 Å². The number of hydrogen-bond acceptors (Lipinski definition) is 4. The maximum Gasteiger partial charge on any atom is 0.255 e. The molecule has 0 aliphatic carbocycles. The average molecular weight is 418 g/mol. The molecular formula is C22H28ClN3O3. The van der Waals surface area contributed by atoms with E-state index in [1.807, 2.05) is 4.90 Å². The van der Waals surface area contributed by atoms with Gasteiger partial charge in [-0.2, -0.15) is 0 Å². The topological polar surface area (TPSA) is 84.7 Å². The van der Waals surface area contributed by atoms with Crippen LogP contribution in [0.1, 0.15) is 41.0 Å². The van der Waals surface area contributed by atoms with Gasteiger partial charge in [0.05, 0.1) is 18.4 Å². The first-order valence-electron chi connectivity index (χ1n) is 9.41.